The normalized spacial score (nSPS) is 10.6. The van der Waals surface area contributed by atoms with Crippen LogP contribution in [0.4, 0.5) is 0 Å². The van der Waals surface area contributed by atoms with Crippen molar-refractivity contribution in [3.8, 4) is 23.7 Å². The van der Waals surface area contributed by atoms with Crippen molar-refractivity contribution in [2.45, 2.75) is 40.5 Å². The first-order valence-corrected chi connectivity index (χ1v) is 9.93. The Morgan fingerprint density at radius 3 is 2.07 bits per heavy atom. The molecule has 0 aliphatic carbocycles. The summed E-state index contributed by atoms with van der Waals surface area (Å²) in [6.45, 7) is 18.0. The number of nitrogens with zero attached hydrogens (tertiary/aromatic N) is 3. The van der Waals surface area contributed by atoms with Crippen molar-refractivity contribution < 1.29 is 0 Å². The van der Waals surface area contributed by atoms with E-state index in [1.54, 1.807) is 0 Å². The summed E-state index contributed by atoms with van der Waals surface area (Å²) >= 11 is 0. The maximum Gasteiger partial charge on any atom is 0.164 e. The fraction of sp³-hybridized carbons (Fsp3) is 0.222. The number of hydrogen-bond acceptors (Lipinski definition) is 3. The summed E-state index contributed by atoms with van der Waals surface area (Å²) in [5.74, 6) is 4.52. The summed E-state index contributed by atoms with van der Waals surface area (Å²) in [5.41, 5.74) is 2.71. The Bertz CT molecular complexity index is 893. The summed E-state index contributed by atoms with van der Waals surface area (Å²) in [6, 6.07) is 9.85. The standard InChI is InChI=1S/C21H21N3.C4H8.C2H4/c1-5-8-13-17(12-6-2)20-22-19(16(4)7-3)23-21(24-20)18-14-10-9-11-15-18;1-3-4-2;1-2/h2,5,8-11,13-15H,4,7,12H2,1,3H3;3-4H,1-2H3;1-2H2/b8-5-,17-13+;4-3-;. The third kappa shape index (κ3) is 9.12. The van der Waals surface area contributed by atoms with Gasteiger partial charge in [0.15, 0.2) is 17.5 Å². The Hall–Kier alpha value is -3.51. The van der Waals surface area contributed by atoms with Crippen LogP contribution in [0.25, 0.3) is 22.5 Å². The lowest BCUT2D eigenvalue weighted by molar-refractivity contribution is 0.978. The van der Waals surface area contributed by atoms with Crippen LogP contribution in [-0.2, 0) is 0 Å². The minimum Gasteiger partial charge on any atom is -0.209 e. The quantitative estimate of drug-likeness (QED) is 0.290. The Kier molecular flexibility index (Phi) is 14.5. The molecule has 156 valence electrons. The van der Waals surface area contributed by atoms with Crippen molar-refractivity contribution in [2.24, 2.45) is 0 Å². The number of terminal acetylenes is 1. The minimum atomic E-state index is 0.459. The Balaban J connectivity index is 0.00000125. The van der Waals surface area contributed by atoms with Gasteiger partial charge in [-0.15, -0.1) is 25.5 Å². The van der Waals surface area contributed by atoms with E-state index in [-0.39, 0.29) is 0 Å². The molecule has 0 N–H and O–H groups in total. The first-order chi connectivity index (χ1) is 14.6. The molecular formula is C27H33N3. The second-order valence-corrected chi connectivity index (χ2v) is 5.89. The van der Waals surface area contributed by atoms with Crippen LogP contribution in [-0.4, -0.2) is 15.0 Å². The second kappa shape index (κ2) is 16.4. The van der Waals surface area contributed by atoms with E-state index >= 15 is 0 Å². The van der Waals surface area contributed by atoms with Crippen LogP contribution >= 0.6 is 0 Å². The molecule has 0 fully saturated rings. The fourth-order valence-electron chi connectivity index (χ4n) is 2.09. The van der Waals surface area contributed by atoms with Crippen LogP contribution < -0.4 is 0 Å². The van der Waals surface area contributed by atoms with Crippen molar-refractivity contribution in [1.82, 2.24) is 15.0 Å². The lowest BCUT2D eigenvalue weighted by Crippen LogP contribution is -2.04. The van der Waals surface area contributed by atoms with Crippen molar-refractivity contribution in [2.75, 3.05) is 0 Å². The van der Waals surface area contributed by atoms with E-state index in [4.69, 9.17) is 6.42 Å². The first-order valence-electron chi connectivity index (χ1n) is 9.93. The maximum absolute atomic E-state index is 5.51. The molecule has 0 spiro atoms. The summed E-state index contributed by atoms with van der Waals surface area (Å²) in [4.78, 5) is 13.8. The van der Waals surface area contributed by atoms with Crippen LogP contribution in [0.5, 0.6) is 0 Å². The number of aromatic nitrogens is 3. The zero-order valence-electron chi connectivity index (χ0n) is 18.7. The maximum atomic E-state index is 5.51. The highest BCUT2D eigenvalue weighted by atomic mass is 15.0. The molecule has 0 radical (unpaired) electrons. The number of hydrogen-bond donors (Lipinski definition) is 0. The highest BCUT2D eigenvalue weighted by Crippen LogP contribution is 2.22. The topological polar surface area (TPSA) is 38.7 Å². The molecule has 0 amide bonds. The van der Waals surface area contributed by atoms with Gasteiger partial charge in [0.25, 0.3) is 0 Å². The van der Waals surface area contributed by atoms with Crippen LogP contribution in [0.1, 0.15) is 52.2 Å². The van der Waals surface area contributed by atoms with E-state index in [0.29, 0.717) is 23.9 Å². The van der Waals surface area contributed by atoms with Gasteiger partial charge in [-0.05, 0) is 32.8 Å². The molecule has 1 heterocycles. The van der Waals surface area contributed by atoms with Gasteiger partial charge in [-0.3, -0.25) is 0 Å². The lowest BCUT2D eigenvalue weighted by atomic mass is 10.1. The third-order valence-corrected chi connectivity index (χ3v) is 3.81. The molecule has 0 saturated carbocycles. The molecule has 0 bridgehead atoms. The monoisotopic (exact) mass is 399 g/mol. The molecule has 0 aliphatic heterocycles. The van der Waals surface area contributed by atoms with E-state index in [0.717, 1.165) is 23.1 Å². The largest absolute Gasteiger partial charge is 0.209 e. The summed E-state index contributed by atoms with van der Waals surface area (Å²) < 4.78 is 0. The van der Waals surface area contributed by atoms with Crippen LogP contribution in [0.15, 0.2) is 80.4 Å². The molecule has 30 heavy (non-hydrogen) atoms. The molecule has 0 atom stereocenters. The molecule has 2 rings (SSSR count). The molecular weight excluding hydrogens is 366 g/mol. The van der Waals surface area contributed by atoms with Gasteiger partial charge >= 0.3 is 0 Å². The van der Waals surface area contributed by atoms with Gasteiger partial charge in [-0.1, -0.05) is 74.2 Å². The van der Waals surface area contributed by atoms with Crippen LogP contribution in [0, 0.1) is 12.3 Å². The average molecular weight is 400 g/mol. The Morgan fingerprint density at radius 1 is 0.967 bits per heavy atom. The van der Waals surface area contributed by atoms with E-state index in [9.17, 15) is 0 Å². The van der Waals surface area contributed by atoms with E-state index in [2.05, 4.69) is 40.6 Å². The lowest BCUT2D eigenvalue weighted by Gasteiger charge is -2.09. The van der Waals surface area contributed by atoms with Gasteiger partial charge in [-0.25, -0.2) is 15.0 Å². The number of benzene rings is 1. The van der Waals surface area contributed by atoms with E-state index < -0.39 is 0 Å². The fourth-order valence-corrected chi connectivity index (χ4v) is 2.09. The van der Waals surface area contributed by atoms with Gasteiger partial charge < -0.3 is 0 Å². The van der Waals surface area contributed by atoms with Gasteiger partial charge in [0.2, 0.25) is 0 Å². The van der Waals surface area contributed by atoms with Gasteiger partial charge in [0.1, 0.15) is 0 Å². The van der Waals surface area contributed by atoms with Gasteiger partial charge in [-0.2, -0.15) is 0 Å². The highest BCUT2D eigenvalue weighted by molar-refractivity contribution is 5.68. The predicted molar refractivity (Wildman–Crippen MR) is 133 cm³/mol. The third-order valence-electron chi connectivity index (χ3n) is 3.81. The smallest absolute Gasteiger partial charge is 0.164 e. The minimum absolute atomic E-state index is 0.459. The molecule has 0 unspecified atom stereocenters. The molecule has 1 aromatic heterocycles. The zero-order valence-corrected chi connectivity index (χ0v) is 18.7. The molecule has 0 aliphatic rings. The Labute approximate surface area is 182 Å². The number of allylic oxidation sites excluding steroid dienone is 7. The highest BCUT2D eigenvalue weighted by Gasteiger charge is 2.12. The first kappa shape index (κ1) is 26.5. The van der Waals surface area contributed by atoms with Crippen molar-refractivity contribution >= 4 is 11.1 Å². The molecule has 3 nitrogen and oxygen atoms in total. The van der Waals surface area contributed by atoms with E-state index in [1.165, 1.54) is 0 Å². The summed E-state index contributed by atoms with van der Waals surface area (Å²) in [5, 5.41) is 0. The van der Waals surface area contributed by atoms with Crippen molar-refractivity contribution in [3.05, 3.63) is 92.1 Å². The molecule has 2 aromatic rings. The average Bonchev–Trinajstić information content (AvgIpc) is 2.82. The SMILES string of the molecule is C#CC/C(=C\C=C/C)c1nc(C(=C)CC)nc(-c2ccccc2)n1.C/C=C\C.C=C. The van der Waals surface area contributed by atoms with Crippen LogP contribution in [0.3, 0.4) is 0 Å². The van der Waals surface area contributed by atoms with Crippen molar-refractivity contribution in [1.29, 1.82) is 0 Å². The molecule has 0 saturated heterocycles. The van der Waals surface area contributed by atoms with Gasteiger partial charge in [0, 0.05) is 17.6 Å². The Morgan fingerprint density at radius 2 is 1.57 bits per heavy atom. The van der Waals surface area contributed by atoms with E-state index in [1.807, 2.05) is 88.4 Å². The van der Waals surface area contributed by atoms with Crippen LogP contribution in [0.2, 0.25) is 0 Å². The number of rotatable bonds is 6. The summed E-state index contributed by atoms with van der Waals surface area (Å²) in [7, 11) is 0. The predicted octanol–water partition coefficient (Wildman–Crippen LogP) is 7.33. The molecule has 3 heteroatoms. The van der Waals surface area contributed by atoms with Gasteiger partial charge in [0.05, 0.1) is 0 Å². The second-order valence-electron chi connectivity index (χ2n) is 5.89. The zero-order chi connectivity index (χ0) is 22.8. The molecule has 1 aromatic carbocycles. The van der Waals surface area contributed by atoms with Crippen molar-refractivity contribution in [3.63, 3.8) is 0 Å². The summed E-state index contributed by atoms with van der Waals surface area (Å²) in [6.07, 6.45) is 16.6.